The summed E-state index contributed by atoms with van der Waals surface area (Å²) in [4.78, 5) is 12.9. The third kappa shape index (κ3) is 4.09. The van der Waals surface area contributed by atoms with Gasteiger partial charge in [0, 0.05) is 42.8 Å². The second-order valence-electron chi connectivity index (χ2n) is 7.21. The van der Waals surface area contributed by atoms with E-state index in [1.54, 1.807) is 11.3 Å². The molecule has 148 valence electrons. The molecule has 3 aromatic rings. The number of ether oxygens (including phenoxy) is 1. The van der Waals surface area contributed by atoms with E-state index in [1.807, 2.05) is 43.0 Å². The molecule has 1 N–H and O–H groups in total. The maximum Gasteiger partial charge on any atom is 0.188 e. The highest BCUT2D eigenvalue weighted by Gasteiger charge is 2.24. The van der Waals surface area contributed by atoms with E-state index in [0.29, 0.717) is 6.61 Å². The van der Waals surface area contributed by atoms with Crippen LogP contribution in [0.25, 0.3) is 0 Å². The third-order valence-electron chi connectivity index (χ3n) is 5.25. The van der Waals surface area contributed by atoms with Gasteiger partial charge in [-0.05, 0) is 32.9 Å². The molecule has 0 spiro atoms. The summed E-state index contributed by atoms with van der Waals surface area (Å²) in [6.45, 7) is 9.54. The van der Waals surface area contributed by atoms with Crippen LogP contribution in [0.5, 0.6) is 0 Å². The van der Waals surface area contributed by atoms with Crippen LogP contribution < -0.4 is 5.32 Å². The maximum absolute atomic E-state index is 6.03. The summed E-state index contributed by atoms with van der Waals surface area (Å²) in [6, 6.07) is 6.02. The Labute approximate surface area is 169 Å². The Kier molecular flexibility index (Phi) is 5.43. The monoisotopic (exact) mass is 398 g/mol. The van der Waals surface area contributed by atoms with Gasteiger partial charge in [0.05, 0.1) is 24.2 Å². The van der Waals surface area contributed by atoms with Crippen molar-refractivity contribution in [2.45, 2.75) is 33.4 Å². The lowest BCUT2D eigenvalue weighted by molar-refractivity contribution is -0.0349. The Balaban J connectivity index is 1.45. The molecule has 7 nitrogen and oxygen atoms in total. The summed E-state index contributed by atoms with van der Waals surface area (Å²) in [5.74, 6) is 0.801. The Morgan fingerprint density at radius 2 is 2.11 bits per heavy atom. The van der Waals surface area contributed by atoms with Crippen LogP contribution in [0.3, 0.4) is 0 Å². The Morgan fingerprint density at radius 3 is 2.82 bits per heavy atom. The number of hydrogen-bond acceptors (Lipinski definition) is 7. The molecule has 0 bridgehead atoms. The number of thiazole rings is 1. The zero-order valence-electron chi connectivity index (χ0n) is 16.8. The second kappa shape index (κ2) is 7.98. The highest BCUT2D eigenvalue weighted by Crippen LogP contribution is 2.27. The average Bonchev–Trinajstić information content (AvgIpc) is 3.17. The van der Waals surface area contributed by atoms with Crippen LogP contribution in [0, 0.1) is 20.8 Å². The predicted molar refractivity (Wildman–Crippen MR) is 111 cm³/mol. The van der Waals surface area contributed by atoms with Crippen molar-refractivity contribution in [2.75, 3.05) is 25.0 Å². The maximum atomic E-state index is 6.03. The van der Waals surface area contributed by atoms with Gasteiger partial charge in [-0.3, -0.25) is 9.58 Å². The van der Waals surface area contributed by atoms with Gasteiger partial charge in [-0.15, -0.1) is 11.3 Å². The van der Waals surface area contributed by atoms with Crippen LogP contribution in [-0.2, 0) is 18.3 Å². The number of rotatable bonds is 5. The Morgan fingerprint density at radius 1 is 1.25 bits per heavy atom. The molecule has 4 rings (SSSR count). The second-order valence-corrected chi connectivity index (χ2v) is 8.41. The molecule has 0 unspecified atom stereocenters. The van der Waals surface area contributed by atoms with Gasteiger partial charge in [-0.1, -0.05) is 6.07 Å². The minimum atomic E-state index is -0.0350. The molecule has 1 saturated heterocycles. The van der Waals surface area contributed by atoms with Crippen molar-refractivity contribution >= 4 is 22.3 Å². The number of anilines is 2. The zero-order chi connectivity index (χ0) is 19.7. The highest BCUT2D eigenvalue weighted by atomic mass is 32.1. The number of nitrogens with zero attached hydrogens (tertiary/aromatic N) is 5. The van der Waals surface area contributed by atoms with E-state index in [4.69, 9.17) is 9.72 Å². The number of aryl methyl sites for hydroxylation is 3. The fourth-order valence-electron chi connectivity index (χ4n) is 3.30. The minimum absolute atomic E-state index is 0.0350. The summed E-state index contributed by atoms with van der Waals surface area (Å²) in [5.41, 5.74) is 4.48. The van der Waals surface area contributed by atoms with Crippen LogP contribution in [0.4, 0.5) is 10.9 Å². The molecular formula is C20H26N6OS. The first kappa shape index (κ1) is 19.0. The molecule has 1 atom stereocenters. The number of pyridine rings is 1. The van der Waals surface area contributed by atoms with E-state index in [9.17, 15) is 0 Å². The fourth-order valence-corrected chi connectivity index (χ4v) is 4.12. The largest absolute Gasteiger partial charge is 0.369 e. The number of aromatic nitrogens is 4. The van der Waals surface area contributed by atoms with E-state index in [0.717, 1.165) is 42.0 Å². The van der Waals surface area contributed by atoms with Gasteiger partial charge in [0.25, 0.3) is 0 Å². The van der Waals surface area contributed by atoms with E-state index < -0.39 is 0 Å². The molecule has 0 amide bonds. The first-order valence-electron chi connectivity index (χ1n) is 9.49. The fraction of sp³-hybridized carbons (Fsp3) is 0.450. The molecule has 0 saturated carbocycles. The molecule has 28 heavy (non-hydrogen) atoms. The summed E-state index contributed by atoms with van der Waals surface area (Å²) in [6.07, 6.45) is 1.92. The average molecular weight is 399 g/mol. The molecule has 1 aliphatic rings. The van der Waals surface area contributed by atoms with Gasteiger partial charge < -0.3 is 10.1 Å². The van der Waals surface area contributed by atoms with Crippen LogP contribution in [0.15, 0.2) is 24.4 Å². The minimum Gasteiger partial charge on any atom is -0.369 e. The van der Waals surface area contributed by atoms with Crippen molar-refractivity contribution in [3.8, 4) is 0 Å². The van der Waals surface area contributed by atoms with E-state index in [1.165, 1.54) is 16.1 Å². The van der Waals surface area contributed by atoms with Crippen molar-refractivity contribution in [2.24, 2.45) is 7.05 Å². The lowest BCUT2D eigenvalue weighted by Gasteiger charge is -2.32. The SMILES string of the molecule is Cc1nc(Nc2cccc([C@@H]3CN(Cc4cnn(C)c4C)CCO3)n2)sc1C. The quantitative estimate of drug-likeness (QED) is 0.709. The summed E-state index contributed by atoms with van der Waals surface area (Å²) >= 11 is 1.65. The summed E-state index contributed by atoms with van der Waals surface area (Å²) in [5, 5.41) is 8.55. The van der Waals surface area contributed by atoms with Gasteiger partial charge in [0.15, 0.2) is 5.13 Å². The van der Waals surface area contributed by atoms with Crippen LogP contribution >= 0.6 is 11.3 Å². The lowest BCUT2D eigenvalue weighted by Crippen LogP contribution is -2.38. The van der Waals surface area contributed by atoms with Gasteiger partial charge in [0.1, 0.15) is 11.9 Å². The van der Waals surface area contributed by atoms with Gasteiger partial charge in [-0.25, -0.2) is 9.97 Å². The molecule has 1 fully saturated rings. The molecule has 4 heterocycles. The van der Waals surface area contributed by atoms with Gasteiger partial charge in [0.2, 0.25) is 0 Å². The smallest absolute Gasteiger partial charge is 0.188 e. The van der Waals surface area contributed by atoms with Crippen molar-refractivity contribution in [1.82, 2.24) is 24.6 Å². The Hall–Kier alpha value is -2.29. The first-order chi connectivity index (χ1) is 13.5. The first-order valence-corrected chi connectivity index (χ1v) is 10.3. The number of nitrogens with one attached hydrogen (secondary N) is 1. The molecular weight excluding hydrogens is 372 g/mol. The zero-order valence-corrected chi connectivity index (χ0v) is 17.6. The number of hydrogen-bond donors (Lipinski definition) is 1. The highest BCUT2D eigenvalue weighted by molar-refractivity contribution is 7.15. The molecule has 3 aromatic heterocycles. The van der Waals surface area contributed by atoms with Crippen molar-refractivity contribution in [1.29, 1.82) is 0 Å². The predicted octanol–water partition coefficient (Wildman–Crippen LogP) is 3.51. The van der Waals surface area contributed by atoms with Crippen LogP contribution in [-0.4, -0.2) is 44.3 Å². The van der Waals surface area contributed by atoms with Crippen molar-refractivity contribution in [3.05, 3.63) is 51.9 Å². The van der Waals surface area contributed by atoms with E-state index in [2.05, 4.69) is 34.1 Å². The lowest BCUT2D eigenvalue weighted by atomic mass is 10.1. The molecule has 0 aliphatic carbocycles. The molecule has 0 radical (unpaired) electrons. The molecule has 8 heteroatoms. The van der Waals surface area contributed by atoms with Gasteiger partial charge in [-0.2, -0.15) is 5.10 Å². The molecule has 1 aliphatic heterocycles. The van der Waals surface area contributed by atoms with E-state index in [-0.39, 0.29) is 6.10 Å². The molecule has 0 aromatic carbocycles. The summed E-state index contributed by atoms with van der Waals surface area (Å²) in [7, 11) is 1.98. The van der Waals surface area contributed by atoms with Crippen molar-refractivity contribution in [3.63, 3.8) is 0 Å². The van der Waals surface area contributed by atoms with Crippen molar-refractivity contribution < 1.29 is 4.74 Å². The van der Waals surface area contributed by atoms with Crippen LogP contribution in [0.1, 0.15) is 33.6 Å². The normalized spacial score (nSPS) is 17.8. The topological polar surface area (TPSA) is 68.1 Å². The standard InChI is InChI=1S/C20H26N6OS/c1-13-15(3)28-20(22-13)24-19-7-5-6-17(23-19)18-12-26(8-9-27-18)11-16-10-21-25(4)14(16)2/h5-7,10,18H,8-9,11-12H2,1-4H3,(H,22,23,24)/t18-/m0/s1. The van der Waals surface area contributed by atoms with Crippen LogP contribution in [0.2, 0.25) is 0 Å². The van der Waals surface area contributed by atoms with E-state index >= 15 is 0 Å². The number of morpholine rings is 1. The van der Waals surface area contributed by atoms with Gasteiger partial charge >= 0.3 is 0 Å². The summed E-state index contributed by atoms with van der Waals surface area (Å²) < 4.78 is 7.95. The third-order valence-corrected chi connectivity index (χ3v) is 6.23. The Bertz CT molecular complexity index is 946.